The van der Waals surface area contributed by atoms with E-state index in [0.717, 1.165) is 0 Å². The summed E-state index contributed by atoms with van der Waals surface area (Å²) >= 11 is 6.53. The molecular weight excluding hydrogens is 268 g/mol. The number of hydrogen-bond acceptors (Lipinski definition) is 3. The van der Waals surface area contributed by atoms with Crippen LogP contribution in [0.5, 0.6) is 0 Å². The first-order valence-electron chi connectivity index (χ1n) is 5.44. The van der Waals surface area contributed by atoms with E-state index in [4.69, 9.17) is 12.6 Å². The standard InChI is InChI=1S/C12H15N2O2S2/c1-9(15)13-7-11(17)18-8-14-12(16)10-5-3-2-4-6-10/h2-6,11H,7-8H2,1H3,(H,13,15)(H,14,16). The van der Waals surface area contributed by atoms with Gasteiger partial charge in [-0.25, -0.2) is 0 Å². The summed E-state index contributed by atoms with van der Waals surface area (Å²) in [6, 6.07) is 8.99. The second kappa shape index (κ2) is 8.05. The van der Waals surface area contributed by atoms with Crippen LogP contribution in [-0.4, -0.2) is 28.8 Å². The first kappa shape index (κ1) is 14.9. The van der Waals surface area contributed by atoms with E-state index in [2.05, 4.69) is 10.6 Å². The average Bonchev–Trinajstić information content (AvgIpc) is 2.37. The van der Waals surface area contributed by atoms with Gasteiger partial charge in [0.25, 0.3) is 5.91 Å². The Balaban J connectivity index is 2.21. The molecule has 4 nitrogen and oxygen atoms in total. The van der Waals surface area contributed by atoms with Crippen molar-refractivity contribution in [3.8, 4) is 0 Å². The van der Waals surface area contributed by atoms with Crippen molar-refractivity contribution in [2.24, 2.45) is 0 Å². The topological polar surface area (TPSA) is 58.2 Å². The van der Waals surface area contributed by atoms with Crippen molar-refractivity contribution in [3.05, 3.63) is 35.9 Å². The van der Waals surface area contributed by atoms with Gasteiger partial charge in [-0.3, -0.25) is 9.59 Å². The van der Waals surface area contributed by atoms with Crippen LogP contribution in [0, 0.1) is 0 Å². The highest BCUT2D eigenvalue weighted by molar-refractivity contribution is 8.10. The highest BCUT2D eigenvalue weighted by Gasteiger charge is 2.07. The van der Waals surface area contributed by atoms with Crippen LogP contribution in [0.2, 0.25) is 0 Å². The molecule has 2 amide bonds. The molecule has 6 heteroatoms. The maximum Gasteiger partial charge on any atom is 0.251 e. The van der Waals surface area contributed by atoms with E-state index in [0.29, 0.717) is 18.0 Å². The molecule has 0 saturated heterocycles. The van der Waals surface area contributed by atoms with Crippen LogP contribution in [0.25, 0.3) is 0 Å². The molecule has 0 aliphatic heterocycles. The Hall–Kier alpha value is -1.14. The highest BCUT2D eigenvalue weighted by atomic mass is 32.2. The first-order chi connectivity index (χ1) is 8.59. The molecule has 97 valence electrons. The number of thioether (sulfide) groups is 1. The Morgan fingerprint density at radius 2 is 1.94 bits per heavy atom. The van der Waals surface area contributed by atoms with Gasteiger partial charge in [0, 0.05) is 19.0 Å². The third kappa shape index (κ3) is 5.97. The van der Waals surface area contributed by atoms with Crippen molar-refractivity contribution >= 4 is 36.2 Å². The van der Waals surface area contributed by atoms with Crippen molar-refractivity contribution in [2.75, 3.05) is 12.4 Å². The second-order valence-electron chi connectivity index (χ2n) is 3.55. The SMILES string of the molecule is CC(=O)NCC([S])SCNC(=O)c1ccccc1. The molecule has 0 spiro atoms. The molecule has 1 aromatic rings. The van der Waals surface area contributed by atoms with Crippen LogP contribution in [0.4, 0.5) is 0 Å². The Kier molecular flexibility index (Phi) is 6.67. The van der Waals surface area contributed by atoms with Gasteiger partial charge in [0.2, 0.25) is 5.91 Å². The second-order valence-corrected chi connectivity index (χ2v) is 5.61. The van der Waals surface area contributed by atoms with E-state index in [-0.39, 0.29) is 16.4 Å². The van der Waals surface area contributed by atoms with Gasteiger partial charge < -0.3 is 10.6 Å². The number of benzene rings is 1. The lowest BCUT2D eigenvalue weighted by Gasteiger charge is -2.10. The predicted molar refractivity (Wildman–Crippen MR) is 76.4 cm³/mol. The summed E-state index contributed by atoms with van der Waals surface area (Å²) in [5, 5.41) is 5.40. The zero-order valence-corrected chi connectivity index (χ0v) is 11.6. The van der Waals surface area contributed by atoms with E-state index in [9.17, 15) is 9.59 Å². The van der Waals surface area contributed by atoms with Crippen LogP contribution in [0.15, 0.2) is 30.3 Å². The monoisotopic (exact) mass is 283 g/mol. The molecule has 0 fully saturated rings. The van der Waals surface area contributed by atoms with Gasteiger partial charge >= 0.3 is 0 Å². The Morgan fingerprint density at radius 3 is 2.56 bits per heavy atom. The molecule has 0 aliphatic rings. The third-order valence-electron chi connectivity index (χ3n) is 2.06. The quantitative estimate of drug-likeness (QED) is 0.782. The summed E-state index contributed by atoms with van der Waals surface area (Å²) in [5.41, 5.74) is 0.626. The van der Waals surface area contributed by atoms with Crippen molar-refractivity contribution in [2.45, 2.75) is 11.5 Å². The van der Waals surface area contributed by atoms with E-state index >= 15 is 0 Å². The van der Waals surface area contributed by atoms with Gasteiger partial charge in [0.15, 0.2) is 0 Å². The Morgan fingerprint density at radius 1 is 1.28 bits per heavy atom. The minimum absolute atomic E-state index is 0.0984. The smallest absolute Gasteiger partial charge is 0.251 e. The molecule has 0 bridgehead atoms. The lowest BCUT2D eigenvalue weighted by Crippen LogP contribution is -2.28. The molecule has 1 radical (unpaired) electrons. The van der Waals surface area contributed by atoms with Gasteiger partial charge in [0.1, 0.15) is 0 Å². The minimum atomic E-state index is -0.148. The lowest BCUT2D eigenvalue weighted by molar-refractivity contribution is -0.118. The molecule has 0 heterocycles. The van der Waals surface area contributed by atoms with E-state index in [1.807, 2.05) is 18.2 Å². The van der Waals surface area contributed by atoms with Gasteiger partial charge in [0.05, 0.1) is 10.5 Å². The average molecular weight is 283 g/mol. The van der Waals surface area contributed by atoms with Crippen molar-refractivity contribution in [3.63, 3.8) is 0 Å². The molecule has 1 aromatic carbocycles. The normalized spacial score (nSPS) is 11.7. The molecule has 0 aliphatic carbocycles. The summed E-state index contributed by atoms with van der Waals surface area (Å²) in [6.07, 6.45) is 0. The summed E-state index contributed by atoms with van der Waals surface area (Å²) in [5.74, 6) is 0.213. The van der Waals surface area contributed by atoms with Crippen LogP contribution in [0.1, 0.15) is 17.3 Å². The highest BCUT2D eigenvalue weighted by Crippen LogP contribution is 2.12. The molecule has 1 unspecified atom stereocenters. The minimum Gasteiger partial charge on any atom is -0.354 e. The summed E-state index contributed by atoms with van der Waals surface area (Å²) < 4.78 is -0.148. The van der Waals surface area contributed by atoms with Gasteiger partial charge in [-0.15, -0.1) is 11.8 Å². The number of nitrogens with one attached hydrogen (secondary N) is 2. The van der Waals surface area contributed by atoms with E-state index < -0.39 is 0 Å². The number of amides is 2. The lowest BCUT2D eigenvalue weighted by atomic mass is 10.2. The van der Waals surface area contributed by atoms with Crippen LogP contribution >= 0.6 is 24.4 Å². The maximum absolute atomic E-state index is 11.7. The summed E-state index contributed by atoms with van der Waals surface area (Å²) in [7, 11) is 0. The van der Waals surface area contributed by atoms with E-state index in [1.54, 1.807) is 12.1 Å². The van der Waals surface area contributed by atoms with Gasteiger partial charge in [-0.1, -0.05) is 30.8 Å². The molecular formula is C12H15N2O2S2. The molecule has 1 atom stereocenters. The summed E-state index contributed by atoms with van der Waals surface area (Å²) in [4.78, 5) is 22.3. The number of carbonyl (C=O) groups excluding carboxylic acids is 2. The largest absolute Gasteiger partial charge is 0.354 e. The van der Waals surface area contributed by atoms with Crippen molar-refractivity contribution in [1.82, 2.24) is 10.6 Å². The van der Waals surface area contributed by atoms with E-state index in [1.165, 1.54) is 18.7 Å². The van der Waals surface area contributed by atoms with Crippen LogP contribution < -0.4 is 10.6 Å². The summed E-state index contributed by atoms with van der Waals surface area (Å²) in [6.45, 7) is 1.88. The number of hydrogen-bond donors (Lipinski definition) is 2. The first-order valence-corrected chi connectivity index (χ1v) is 6.96. The fourth-order valence-corrected chi connectivity index (χ4v) is 2.07. The Labute approximate surface area is 116 Å². The third-order valence-corrected chi connectivity index (χ3v) is 3.48. The zero-order valence-electron chi connectivity index (χ0n) is 10.0. The van der Waals surface area contributed by atoms with Gasteiger partial charge in [-0.2, -0.15) is 0 Å². The van der Waals surface area contributed by atoms with Crippen LogP contribution in [-0.2, 0) is 4.79 Å². The van der Waals surface area contributed by atoms with Crippen molar-refractivity contribution in [1.29, 1.82) is 0 Å². The molecule has 2 N–H and O–H groups in total. The molecule has 1 rings (SSSR count). The fourth-order valence-electron chi connectivity index (χ4n) is 1.18. The zero-order chi connectivity index (χ0) is 13.4. The molecule has 18 heavy (non-hydrogen) atoms. The molecule has 0 aromatic heterocycles. The number of rotatable bonds is 6. The van der Waals surface area contributed by atoms with Gasteiger partial charge in [-0.05, 0) is 12.1 Å². The number of carbonyl (C=O) groups is 2. The Bertz CT molecular complexity index is 398. The fraction of sp³-hybridized carbons (Fsp3) is 0.333. The molecule has 0 saturated carbocycles. The maximum atomic E-state index is 11.7. The van der Waals surface area contributed by atoms with Crippen molar-refractivity contribution < 1.29 is 9.59 Å². The van der Waals surface area contributed by atoms with Crippen LogP contribution in [0.3, 0.4) is 0 Å². The predicted octanol–water partition coefficient (Wildman–Crippen LogP) is 1.77.